The Morgan fingerprint density at radius 1 is 1.31 bits per heavy atom. The molecule has 1 aromatic carbocycles. The molecule has 0 radical (unpaired) electrons. The van der Waals surface area contributed by atoms with Crippen LogP contribution in [-0.2, 0) is 0 Å². The smallest absolute Gasteiger partial charge is 0.146 e. The summed E-state index contributed by atoms with van der Waals surface area (Å²) < 4.78 is 13.5. The minimum atomic E-state index is -0.289. The molecule has 0 aliphatic heterocycles. The van der Waals surface area contributed by atoms with Gasteiger partial charge < -0.3 is 11.1 Å². The summed E-state index contributed by atoms with van der Waals surface area (Å²) in [7, 11) is 0. The number of nitrogen functional groups attached to an aromatic ring is 1. The molecule has 0 unspecified atom stereocenters. The van der Waals surface area contributed by atoms with Gasteiger partial charge in [-0.25, -0.2) is 4.39 Å². The van der Waals surface area contributed by atoms with Gasteiger partial charge in [0.25, 0.3) is 0 Å². The topological polar surface area (TPSA) is 50.9 Å². The Hall–Kier alpha value is -2.10. The summed E-state index contributed by atoms with van der Waals surface area (Å²) in [4.78, 5) is 3.93. The summed E-state index contributed by atoms with van der Waals surface area (Å²) in [5.74, 6) is -0.289. The van der Waals surface area contributed by atoms with Gasteiger partial charge in [-0.1, -0.05) is 12.1 Å². The fraction of sp³-hybridized carbons (Fsp3) is 0.0833. The number of hydrogen-bond acceptors (Lipinski definition) is 3. The molecule has 2 rings (SSSR count). The highest BCUT2D eigenvalue weighted by atomic mass is 19.1. The van der Waals surface area contributed by atoms with Gasteiger partial charge in [-0.3, -0.25) is 4.98 Å². The van der Waals surface area contributed by atoms with Gasteiger partial charge in [-0.05, 0) is 24.6 Å². The molecule has 0 fully saturated rings. The first-order valence-electron chi connectivity index (χ1n) is 4.89. The standard InChI is InChI=1S/C12H12FN3/c1-8-3-2-4-11(13)12(8)16-10-5-9(14)6-15-7-10/h2-7,16H,14H2,1H3. The molecule has 0 spiro atoms. The first kappa shape index (κ1) is 10.4. The van der Waals surface area contributed by atoms with Gasteiger partial charge in [0.2, 0.25) is 0 Å². The Morgan fingerprint density at radius 3 is 2.81 bits per heavy atom. The number of para-hydroxylation sites is 1. The van der Waals surface area contributed by atoms with Gasteiger partial charge >= 0.3 is 0 Å². The maximum atomic E-state index is 13.5. The van der Waals surface area contributed by atoms with Gasteiger partial charge in [-0.2, -0.15) is 0 Å². The highest BCUT2D eigenvalue weighted by Gasteiger charge is 2.05. The van der Waals surface area contributed by atoms with Crippen LogP contribution in [0.25, 0.3) is 0 Å². The van der Waals surface area contributed by atoms with Gasteiger partial charge in [-0.15, -0.1) is 0 Å². The molecule has 0 atom stereocenters. The van der Waals surface area contributed by atoms with E-state index in [0.29, 0.717) is 17.1 Å². The molecular formula is C12H12FN3. The highest BCUT2D eigenvalue weighted by molar-refractivity contribution is 5.65. The SMILES string of the molecule is Cc1cccc(F)c1Nc1cncc(N)c1. The number of nitrogens with zero attached hydrogens (tertiary/aromatic N) is 1. The van der Waals surface area contributed by atoms with E-state index in [2.05, 4.69) is 10.3 Å². The average Bonchev–Trinajstić information content (AvgIpc) is 2.24. The van der Waals surface area contributed by atoms with Crippen molar-refractivity contribution in [2.24, 2.45) is 0 Å². The summed E-state index contributed by atoms with van der Waals surface area (Å²) in [6.45, 7) is 1.84. The van der Waals surface area contributed by atoms with Gasteiger partial charge in [0, 0.05) is 6.20 Å². The van der Waals surface area contributed by atoms with E-state index in [0.717, 1.165) is 5.56 Å². The summed E-state index contributed by atoms with van der Waals surface area (Å²) >= 11 is 0. The zero-order valence-corrected chi connectivity index (χ0v) is 8.87. The number of rotatable bonds is 2. The third-order valence-corrected chi connectivity index (χ3v) is 2.25. The van der Waals surface area contributed by atoms with E-state index in [1.807, 2.05) is 13.0 Å². The summed E-state index contributed by atoms with van der Waals surface area (Å²) in [6, 6.07) is 6.63. The van der Waals surface area contributed by atoms with Crippen molar-refractivity contribution >= 4 is 17.1 Å². The Bertz CT molecular complexity index is 491. The van der Waals surface area contributed by atoms with Crippen LogP contribution < -0.4 is 11.1 Å². The normalized spacial score (nSPS) is 10.1. The number of aryl methyl sites for hydroxylation is 1. The molecule has 0 saturated heterocycles. The van der Waals surface area contributed by atoms with Crippen molar-refractivity contribution < 1.29 is 4.39 Å². The number of anilines is 3. The molecule has 4 heteroatoms. The van der Waals surface area contributed by atoms with Gasteiger partial charge in [0.1, 0.15) is 5.82 Å². The van der Waals surface area contributed by atoms with Crippen LogP contribution >= 0.6 is 0 Å². The molecule has 3 nitrogen and oxygen atoms in total. The fourth-order valence-corrected chi connectivity index (χ4v) is 1.46. The van der Waals surface area contributed by atoms with Crippen molar-refractivity contribution in [2.45, 2.75) is 6.92 Å². The van der Waals surface area contributed by atoms with Crippen LogP contribution in [0, 0.1) is 12.7 Å². The number of pyridine rings is 1. The van der Waals surface area contributed by atoms with Crippen LogP contribution in [0.5, 0.6) is 0 Å². The zero-order valence-electron chi connectivity index (χ0n) is 8.87. The molecule has 0 aliphatic rings. The van der Waals surface area contributed by atoms with Crippen molar-refractivity contribution in [3.05, 3.63) is 48.0 Å². The lowest BCUT2D eigenvalue weighted by molar-refractivity contribution is 0.631. The maximum absolute atomic E-state index is 13.5. The largest absolute Gasteiger partial charge is 0.397 e. The molecule has 1 aromatic heterocycles. The lowest BCUT2D eigenvalue weighted by atomic mass is 10.2. The van der Waals surface area contributed by atoms with Crippen LogP contribution in [0.15, 0.2) is 36.7 Å². The highest BCUT2D eigenvalue weighted by Crippen LogP contribution is 2.23. The third kappa shape index (κ3) is 2.11. The Morgan fingerprint density at radius 2 is 2.12 bits per heavy atom. The second kappa shape index (κ2) is 4.18. The predicted octanol–water partition coefficient (Wildman–Crippen LogP) is 2.85. The fourth-order valence-electron chi connectivity index (χ4n) is 1.46. The summed E-state index contributed by atoms with van der Waals surface area (Å²) in [5, 5.41) is 2.96. The van der Waals surface area contributed by atoms with Crippen molar-refractivity contribution in [3.63, 3.8) is 0 Å². The van der Waals surface area contributed by atoms with Crippen LogP contribution in [0.3, 0.4) is 0 Å². The number of halogens is 1. The molecule has 3 N–H and O–H groups in total. The molecule has 82 valence electrons. The maximum Gasteiger partial charge on any atom is 0.146 e. The van der Waals surface area contributed by atoms with Gasteiger partial charge in [0.15, 0.2) is 0 Å². The molecular weight excluding hydrogens is 205 g/mol. The van der Waals surface area contributed by atoms with E-state index in [1.54, 1.807) is 24.5 Å². The van der Waals surface area contributed by atoms with Crippen LogP contribution in [0.4, 0.5) is 21.5 Å². The van der Waals surface area contributed by atoms with E-state index in [-0.39, 0.29) is 5.82 Å². The van der Waals surface area contributed by atoms with E-state index in [1.165, 1.54) is 6.07 Å². The Balaban J connectivity index is 2.34. The number of nitrogens with two attached hydrogens (primary N) is 1. The van der Waals surface area contributed by atoms with Crippen LogP contribution in [-0.4, -0.2) is 4.98 Å². The molecule has 0 amide bonds. The minimum absolute atomic E-state index is 0.289. The Kier molecular flexibility index (Phi) is 2.72. The third-order valence-electron chi connectivity index (χ3n) is 2.25. The summed E-state index contributed by atoms with van der Waals surface area (Å²) in [6.07, 6.45) is 3.14. The van der Waals surface area contributed by atoms with E-state index in [4.69, 9.17) is 5.73 Å². The monoisotopic (exact) mass is 217 g/mol. The first-order valence-corrected chi connectivity index (χ1v) is 4.89. The number of benzene rings is 1. The van der Waals surface area contributed by atoms with Crippen LogP contribution in [0.2, 0.25) is 0 Å². The minimum Gasteiger partial charge on any atom is -0.397 e. The second-order valence-corrected chi connectivity index (χ2v) is 3.56. The van der Waals surface area contributed by atoms with Crippen molar-refractivity contribution in [3.8, 4) is 0 Å². The van der Waals surface area contributed by atoms with Gasteiger partial charge in [0.05, 0.1) is 23.3 Å². The van der Waals surface area contributed by atoms with Crippen LogP contribution in [0.1, 0.15) is 5.56 Å². The first-order chi connectivity index (χ1) is 7.66. The molecule has 0 bridgehead atoms. The number of hydrogen-bond donors (Lipinski definition) is 2. The van der Waals surface area contributed by atoms with E-state index < -0.39 is 0 Å². The molecule has 1 heterocycles. The molecule has 2 aromatic rings. The lowest BCUT2D eigenvalue weighted by Crippen LogP contribution is -1.98. The van der Waals surface area contributed by atoms with Crippen molar-refractivity contribution in [2.75, 3.05) is 11.1 Å². The summed E-state index contributed by atoms with van der Waals surface area (Å²) in [5.41, 5.74) is 8.10. The van der Waals surface area contributed by atoms with E-state index >= 15 is 0 Å². The molecule has 0 saturated carbocycles. The second-order valence-electron chi connectivity index (χ2n) is 3.56. The lowest BCUT2D eigenvalue weighted by Gasteiger charge is -2.10. The Labute approximate surface area is 93.1 Å². The average molecular weight is 217 g/mol. The van der Waals surface area contributed by atoms with E-state index in [9.17, 15) is 4.39 Å². The zero-order chi connectivity index (χ0) is 11.5. The molecule has 0 aliphatic carbocycles. The number of aromatic nitrogens is 1. The van der Waals surface area contributed by atoms with Crippen molar-refractivity contribution in [1.82, 2.24) is 4.98 Å². The predicted molar refractivity (Wildman–Crippen MR) is 63.1 cm³/mol. The number of nitrogens with one attached hydrogen (secondary N) is 1. The van der Waals surface area contributed by atoms with Crippen molar-refractivity contribution in [1.29, 1.82) is 0 Å². The molecule has 16 heavy (non-hydrogen) atoms. The quantitative estimate of drug-likeness (QED) is 0.813.